The smallest absolute Gasteiger partial charge is 0.358 e. The number of carbonyl (C=O) groups is 1. The molecule has 0 saturated carbocycles. The SMILES string of the molecule is CC(C)(O)Cn1nnc(C(=O)O)c1-c1cccnc1. The Morgan fingerprint density at radius 1 is 1.47 bits per heavy atom. The van der Waals surface area contributed by atoms with Gasteiger partial charge in [-0.1, -0.05) is 5.21 Å². The standard InChI is InChI=1S/C12H14N4O3/c1-12(2,19)7-16-10(8-4-3-5-13-6-8)9(11(17)18)14-15-16/h3-6,19H,7H2,1-2H3,(H,17,18). The Labute approximate surface area is 109 Å². The van der Waals surface area contributed by atoms with Crippen LogP contribution in [-0.2, 0) is 6.54 Å². The van der Waals surface area contributed by atoms with Gasteiger partial charge in [0.05, 0.1) is 12.1 Å². The van der Waals surface area contributed by atoms with Crippen molar-refractivity contribution in [3.05, 3.63) is 30.2 Å². The van der Waals surface area contributed by atoms with Gasteiger partial charge in [0.25, 0.3) is 0 Å². The Bertz CT molecular complexity index is 587. The lowest BCUT2D eigenvalue weighted by molar-refractivity contribution is 0.0575. The number of aliphatic hydroxyl groups is 1. The van der Waals surface area contributed by atoms with Crippen LogP contribution in [0.2, 0.25) is 0 Å². The van der Waals surface area contributed by atoms with Crippen molar-refractivity contribution in [1.29, 1.82) is 0 Å². The van der Waals surface area contributed by atoms with Crippen LogP contribution < -0.4 is 0 Å². The molecule has 2 N–H and O–H groups in total. The maximum Gasteiger partial charge on any atom is 0.358 e. The third-order valence-electron chi connectivity index (χ3n) is 2.41. The van der Waals surface area contributed by atoms with Crippen LogP contribution in [0, 0.1) is 0 Å². The minimum absolute atomic E-state index is 0.136. The Balaban J connectivity index is 2.55. The molecule has 0 saturated heterocycles. The summed E-state index contributed by atoms with van der Waals surface area (Å²) in [4.78, 5) is 15.1. The number of nitrogens with zero attached hydrogens (tertiary/aromatic N) is 4. The molecule has 2 heterocycles. The first-order valence-electron chi connectivity index (χ1n) is 5.68. The van der Waals surface area contributed by atoms with E-state index in [1.807, 2.05) is 0 Å². The van der Waals surface area contributed by atoms with Crippen molar-refractivity contribution in [2.45, 2.75) is 26.0 Å². The van der Waals surface area contributed by atoms with E-state index in [0.29, 0.717) is 11.3 Å². The van der Waals surface area contributed by atoms with Gasteiger partial charge < -0.3 is 10.2 Å². The summed E-state index contributed by atoms with van der Waals surface area (Å²) >= 11 is 0. The van der Waals surface area contributed by atoms with Crippen molar-refractivity contribution in [2.24, 2.45) is 0 Å². The summed E-state index contributed by atoms with van der Waals surface area (Å²) in [5.41, 5.74) is -0.255. The monoisotopic (exact) mass is 262 g/mol. The lowest BCUT2D eigenvalue weighted by atomic mass is 10.1. The van der Waals surface area contributed by atoms with Crippen molar-refractivity contribution in [2.75, 3.05) is 0 Å². The third kappa shape index (κ3) is 2.94. The first-order chi connectivity index (χ1) is 8.88. The molecule has 0 aliphatic heterocycles. The average molecular weight is 262 g/mol. The number of pyridine rings is 1. The molecular formula is C12H14N4O3. The highest BCUT2D eigenvalue weighted by Gasteiger charge is 2.24. The summed E-state index contributed by atoms with van der Waals surface area (Å²) < 4.78 is 1.38. The summed E-state index contributed by atoms with van der Waals surface area (Å²) in [6, 6.07) is 3.42. The molecule has 0 aromatic carbocycles. The van der Waals surface area contributed by atoms with Gasteiger partial charge in [-0.2, -0.15) is 0 Å². The van der Waals surface area contributed by atoms with E-state index in [2.05, 4.69) is 15.3 Å². The molecule has 0 fully saturated rings. The molecular weight excluding hydrogens is 248 g/mol. The summed E-state index contributed by atoms with van der Waals surface area (Å²) in [7, 11) is 0. The first-order valence-corrected chi connectivity index (χ1v) is 5.68. The van der Waals surface area contributed by atoms with E-state index in [9.17, 15) is 9.90 Å². The van der Waals surface area contributed by atoms with Gasteiger partial charge in [0.1, 0.15) is 5.69 Å². The van der Waals surface area contributed by atoms with E-state index in [1.54, 1.807) is 32.2 Å². The highest BCUT2D eigenvalue weighted by molar-refractivity contribution is 5.92. The number of carboxylic acid groups (broad SMARTS) is 1. The highest BCUT2D eigenvalue weighted by atomic mass is 16.4. The molecule has 0 amide bonds. The zero-order valence-corrected chi connectivity index (χ0v) is 10.6. The predicted octanol–water partition coefficient (Wildman–Crippen LogP) is 0.809. The van der Waals surface area contributed by atoms with Gasteiger partial charge in [-0.15, -0.1) is 5.10 Å². The number of hydrogen-bond acceptors (Lipinski definition) is 5. The molecule has 100 valence electrons. The number of aromatic nitrogens is 4. The number of hydrogen-bond donors (Lipinski definition) is 2. The first kappa shape index (κ1) is 13.2. The lowest BCUT2D eigenvalue weighted by Gasteiger charge is -2.18. The van der Waals surface area contributed by atoms with Crippen LogP contribution in [0.1, 0.15) is 24.3 Å². The molecule has 0 bridgehead atoms. The van der Waals surface area contributed by atoms with Gasteiger partial charge in [0, 0.05) is 18.0 Å². The highest BCUT2D eigenvalue weighted by Crippen LogP contribution is 2.22. The zero-order chi connectivity index (χ0) is 14.0. The fourth-order valence-corrected chi connectivity index (χ4v) is 1.72. The predicted molar refractivity (Wildman–Crippen MR) is 66.5 cm³/mol. The largest absolute Gasteiger partial charge is 0.476 e. The maximum absolute atomic E-state index is 11.2. The normalized spacial score (nSPS) is 11.5. The van der Waals surface area contributed by atoms with Gasteiger partial charge in [0.15, 0.2) is 5.69 Å². The van der Waals surface area contributed by atoms with E-state index in [-0.39, 0.29) is 12.2 Å². The zero-order valence-electron chi connectivity index (χ0n) is 10.6. The van der Waals surface area contributed by atoms with E-state index in [4.69, 9.17) is 5.11 Å². The van der Waals surface area contributed by atoms with E-state index in [0.717, 1.165) is 0 Å². The quantitative estimate of drug-likeness (QED) is 0.845. The second-order valence-corrected chi connectivity index (χ2v) is 4.80. The minimum Gasteiger partial charge on any atom is -0.476 e. The lowest BCUT2D eigenvalue weighted by Crippen LogP contribution is -2.27. The van der Waals surface area contributed by atoms with E-state index < -0.39 is 11.6 Å². The Hall–Kier alpha value is -2.28. The van der Waals surface area contributed by atoms with Crippen LogP contribution in [0.15, 0.2) is 24.5 Å². The van der Waals surface area contributed by atoms with Crippen LogP contribution in [-0.4, -0.2) is 41.8 Å². The van der Waals surface area contributed by atoms with Crippen LogP contribution in [0.4, 0.5) is 0 Å². The molecule has 19 heavy (non-hydrogen) atoms. The minimum atomic E-state index is -1.17. The molecule has 2 aromatic heterocycles. The topological polar surface area (TPSA) is 101 Å². The van der Waals surface area contributed by atoms with E-state index in [1.165, 1.54) is 10.9 Å². The number of rotatable bonds is 4. The van der Waals surface area contributed by atoms with Gasteiger partial charge in [-0.25, -0.2) is 9.48 Å². The van der Waals surface area contributed by atoms with Crippen molar-refractivity contribution in [1.82, 2.24) is 20.0 Å². The second kappa shape index (κ2) is 4.77. The summed E-state index contributed by atoms with van der Waals surface area (Å²) in [5, 5.41) is 26.4. The van der Waals surface area contributed by atoms with Crippen molar-refractivity contribution in [3.8, 4) is 11.3 Å². The molecule has 2 rings (SSSR count). The summed E-state index contributed by atoms with van der Waals surface area (Å²) in [6.45, 7) is 3.36. The van der Waals surface area contributed by atoms with Crippen LogP contribution >= 0.6 is 0 Å². The molecule has 0 unspecified atom stereocenters. The second-order valence-electron chi connectivity index (χ2n) is 4.80. The number of aromatic carboxylic acids is 1. The van der Waals surface area contributed by atoms with Gasteiger partial charge in [-0.3, -0.25) is 4.98 Å². The number of carboxylic acids is 1. The van der Waals surface area contributed by atoms with Gasteiger partial charge in [0.2, 0.25) is 0 Å². The fraction of sp³-hybridized carbons (Fsp3) is 0.333. The molecule has 0 spiro atoms. The molecule has 0 aliphatic rings. The molecule has 7 nitrogen and oxygen atoms in total. The molecule has 0 atom stereocenters. The average Bonchev–Trinajstić information content (AvgIpc) is 2.71. The van der Waals surface area contributed by atoms with Crippen LogP contribution in [0.3, 0.4) is 0 Å². The molecule has 7 heteroatoms. The fourth-order valence-electron chi connectivity index (χ4n) is 1.72. The molecule has 0 radical (unpaired) electrons. The van der Waals surface area contributed by atoms with Crippen LogP contribution in [0.5, 0.6) is 0 Å². The van der Waals surface area contributed by atoms with Gasteiger partial charge in [-0.05, 0) is 26.0 Å². The van der Waals surface area contributed by atoms with E-state index >= 15 is 0 Å². The van der Waals surface area contributed by atoms with Crippen molar-refractivity contribution < 1.29 is 15.0 Å². The Kier molecular flexibility index (Phi) is 3.30. The van der Waals surface area contributed by atoms with Crippen molar-refractivity contribution in [3.63, 3.8) is 0 Å². The molecule has 0 aliphatic carbocycles. The van der Waals surface area contributed by atoms with Gasteiger partial charge >= 0.3 is 5.97 Å². The summed E-state index contributed by atoms with van der Waals surface area (Å²) in [6.07, 6.45) is 3.13. The maximum atomic E-state index is 11.2. The van der Waals surface area contributed by atoms with Crippen molar-refractivity contribution >= 4 is 5.97 Å². The Morgan fingerprint density at radius 3 is 2.74 bits per heavy atom. The Morgan fingerprint density at radius 2 is 2.21 bits per heavy atom. The van der Waals surface area contributed by atoms with Crippen LogP contribution in [0.25, 0.3) is 11.3 Å². The molecule has 2 aromatic rings. The third-order valence-corrected chi connectivity index (χ3v) is 2.41. The summed E-state index contributed by atoms with van der Waals surface area (Å²) in [5.74, 6) is -1.17.